The van der Waals surface area contributed by atoms with Gasteiger partial charge in [0.15, 0.2) is 0 Å². The number of carboxylic acids is 1. The number of hydrogen-bond donors (Lipinski definition) is 2. The van der Waals surface area contributed by atoms with Gasteiger partial charge in [0, 0.05) is 13.3 Å². The molecule has 0 saturated carbocycles. The van der Waals surface area contributed by atoms with Crippen LogP contribution in [0.15, 0.2) is 21.2 Å². The van der Waals surface area contributed by atoms with Crippen LogP contribution in [-0.2, 0) is 16.0 Å². The number of rotatable bonds is 4. The van der Waals surface area contributed by atoms with Crippen molar-refractivity contribution in [3.05, 3.63) is 22.6 Å². The normalized spacial score (nSPS) is 12.1. The molecule has 0 aromatic carbocycles. The number of hydrogen-bond acceptors (Lipinski definition) is 3. The van der Waals surface area contributed by atoms with Crippen molar-refractivity contribution in [2.45, 2.75) is 19.4 Å². The quantitative estimate of drug-likeness (QED) is 0.865. The van der Waals surface area contributed by atoms with Crippen LogP contribution in [0.4, 0.5) is 0 Å². The number of aliphatic carboxylic acids is 1. The summed E-state index contributed by atoms with van der Waals surface area (Å²) in [4.78, 5) is 21.6. The lowest BCUT2D eigenvalue weighted by Gasteiger charge is -2.11. The molecular formula is C9H10BrNO4. The molecule has 1 heterocycles. The first-order valence-corrected chi connectivity index (χ1v) is 5.01. The highest BCUT2D eigenvalue weighted by Gasteiger charge is 2.21. The Balaban J connectivity index is 2.71. The summed E-state index contributed by atoms with van der Waals surface area (Å²) in [5, 5.41) is 11.2. The molecule has 0 aliphatic rings. The molecule has 15 heavy (non-hydrogen) atoms. The first-order chi connectivity index (χ1) is 7.00. The molecule has 1 aromatic rings. The van der Waals surface area contributed by atoms with E-state index < -0.39 is 12.0 Å². The average molecular weight is 276 g/mol. The lowest BCUT2D eigenvalue weighted by Crippen LogP contribution is -2.41. The summed E-state index contributed by atoms with van der Waals surface area (Å²) in [5.74, 6) is -0.977. The summed E-state index contributed by atoms with van der Waals surface area (Å²) in [6.45, 7) is 1.27. The first-order valence-electron chi connectivity index (χ1n) is 4.22. The van der Waals surface area contributed by atoms with Gasteiger partial charge in [0.25, 0.3) is 0 Å². The average Bonchev–Trinajstić information content (AvgIpc) is 2.50. The van der Waals surface area contributed by atoms with E-state index in [4.69, 9.17) is 9.52 Å². The van der Waals surface area contributed by atoms with Crippen molar-refractivity contribution in [3.8, 4) is 0 Å². The predicted octanol–water partition coefficient (Wildman–Crippen LogP) is 1.17. The molecule has 0 aliphatic carbocycles. The fraction of sp³-hybridized carbons (Fsp3) is 0.333. The van der Waals surface area contributed by atoms with E-state index in [-0.39, 0.29) is 12.3 Å². The maximum Gasteiger partial charge on any atom is 0.326 e. The van der Waals surface area contributed by atoms with Crippen LogP contribution in [0.25, 0.3) is 0 Å². The summed E-state index contributed by atoms with van der Waals surface area (Å²) >= 11 is 3.21. The fourth-order valence-electron chi connectivity index (χ4n) is 1.10. The minimum atomic E-state index is -1.09. The highest BCUT2D eigenvalue weighted by atomic mass is 79.9. The lowest BCUT2D eigenvalue weighted by atomic mass is 10.1. The molecule has 5 nitrogen and oxygen atoms in total. The lowest BCUT2D eigenvalue weighted by molar-refractivity contribution is -0.141. The summed E-state index contributed by atoms with van der Waals surface area (Å²) < 4.78 is 5.76. The van der Waals surface area contributed by atoms with Gasteiger partial charge in [-0.15, -0.1) is 0 Å². The zero-order valence-corrected chi connectivity index (χ0v) is 9.58. The molecule has 1 unspecified atom stereocenters. The van der Waals surface area contributed by atoms with E-state index in [9.17, 15) is 9.59 Å². The number of amides is 1. The largest absolute Gasteiger partial charge is 0.480 e. The van der Waals surface area contributed by atoms with E-state index in [0.717, 1.165) is 0 Å². The van der Waals surface area contributed by atoms with Gasteiger partial charge in [-0.05, 0) is 22.0 Å². The van der Waals surface area contributed by atoms with Crippen molar-refractivity contribution in [1.29, 1.82) is 0 Å². The molecule has 1 aromatic heterocycles. The maximum atomic E-state index is 10.8. The Morgan fingerprint density at radius 2 is 2.33 bits per heavy atom. The molecule has 6 heteroatoms. The van der Waals surface area contributed by atoms with Crippen molar-refractivity contribution in [2.24, 2.45) is 0 Å². The van der Waals surface area contributed by atoms with E-state index in [1.54, 1.807) is 6.07 Å². The standard InChI is InChI=1S/C9H10BrNO4/c1-5(12)11-7(9(13)14)4-8-6(10)2-3-15-8/h2-3,7H,4H2,1H3,(H,11,12)(H,13,14). The van der Waals surface area contributed by atoms with Crippen LogP contribution in [0.2, 0.25) is 0 Å². The number of carboxylic acid groups (broad SMARTS) is 1. The van der Waals surface area contributed by atoms with Crippen molar-refractivity contribution in [3.63, 3.8) is 0 Å². The molecule has 0 spiro atoms. The van der Waals surface area contributed by atoms with E-state index in [0.29, 0.717) is 10.2 Å². The van der Waals surface area contributed by atoms with E-state index >= 15 is 0 Å². The Labute approximate surface area is 94.6 Å². The number of carbonyl (C=O) groups excluding carboxylic acids is 1. The molecule has 2 N–H and O–H groups in total. The monoisotopic (exact) mass is 275 g/mol. The van der Waals surface area contributed by atoms with Crippen LogP contribution < -0.4 is 5.32 Å². The SMILES string of the molecule is CC(=O)NC(Cc1occc1Br)C(=O)O. The van der Waals surface area contributed by atoms with Crippen LogP contribution in [0.1, 0.15) is 12.7 Å². The zero-order valence-electron chi connectivity index (χ0n) is 7.99. The van der Waals surface area contributed by atoms with E-state index in [1.165, 1.54) is 13.2 Å². The molecule has 1 atom stereocenters. The van der Waals surface area contributed by atoms with Crippen LogP contribution in [-0.4, -0.2) is 23.0 Å². The Bertz CT molecular complexity index is 374. The van der Waals surface area contributed by atoms with Gasteiger partial charge in [0.05, 0.1) is 10.7 Å². The van der Waals surface area contributed by atoms with Gasteiger partial charge in [0.2, 0.25) is 5.91 Å². The molecule has 0 saturated heterocycles. The van der Waals surface area contributed by atoms with Crippen molar-refractivity contribution >= 4 is 27.8 Å². The Hall–Kier alpha value is -1.30. The molecule has 0 aliphatic heterocycles. The summed E-state index contributed by atoms with van der Waals surface area (Å²) in [5.41, 5.74) is 0. The number of carbonyl (C=O) groups is 2. The molecule has 1 amide bonds. The Morgan fingerprint density at radius 1 is 1.67 bits per heavy atom. The van der Waals surface area contributed by atoms with E-state index in [2.05, 4.69) is 21.2 Å². The second kappa shape index (κ2) is 4.97. The summed E-state index contributed by atoms with van der Waals surface area (Å²) in [6.07, 6.45) is 1.56. The number of nitrogens with one attached hydrogen (secondary N) is 1. The van der Waals surface area contributed by atoms with Gasteiger partial charge in [-0.3, -0.25) is 4.79 Å². The predicted molar refractivity (Wildman–Crippen MR) is 55.4 cm³/mol. The van der Waals surface area contributed by atoms with Gasteiger partial charge in [-0.2, -0.15) is 0 Å². The van der Waals surface area contributed by atoms with Gasteiger partial charge < -0.3 is 14.8 Å². The van der Waals surface area contributed by atoms with Crippen molar-refractivity contribution in [2.75, 3.05) is 0 Å². The van der Waals surface area contributed by atoms with Crippen LogP contribution in [0, 0.1) is 0 Å². The minimum absolute atomic E-state index is 0.114. The van der Waals surface area contributed by atoms with Crippen LogP contribution >= 0.6 is 15.9 Å². The van der Waals surface area contributed by atoms with Gasteiger partial charge >= 0.3 is 5.97 Å². The molecule has 0 fully saturated rings. The Kier molecular flexibility index (Phi) is 3.90. The molecular weight excluding hydrogens is 266 g/mol. The fourth-order valence-corrected chi connectivity index (χ4v) is 1.46. The molecule has 0 radical (unpaired) electrons. The minimum Gasteiger partial charge on any atom is -0.480 e. The second-order valence-corrected chi connectivity index (χ2v) is 3.84. The van der Waals surface area contributed by atoms with Crippen molar-refractivity contribution in [1.82, 2.24) is 5.32 Å². The van der Waals surface area contributed by atoms with Crippen LogP contribution in [0.3, 0.4) is 0 Å². The van der Waals surface area contributed by atoms with Crippen LogP contribution in [0.5, 0.6) is 0 Å². The zero-order chi connectivity index (χ0) is 11.4. The molecule has 1 rings (SSSR count). The summed E-state index contributed by atoms with van der Waals surface area (Å²) in [7, 11) is 0. The highest BCUT2D eigenvalue weighted by molar-refractivity contribution is 9.10. The maximum absolute atomic E-state index is 10.8. The number of furan rings is 1. The topological polar surface area (TPSA) is 79.5 Å². The van der Waals surface area contributed by atoms with Gasteiger partial charge in [-0.1, -0.05) is 0 Å². The van der Waals surface area contributed by atoms with Crippen molar-refractivity contribution < 1.29 is 19.1 Å². The van der Waals surface area contributed by atoms with Gasteiger partial charge in [-0.25, -0.2) is 4.79 Å². The summed E-state index contributed by atoms with van der Waals surface area (Å²) in [6, 6.07) is 0.701. The van der Waals surface area contributed by atoms with Gasteiger partial charge in [0.1, 0.15) is 11.8 Å². The third-order valence-corrected chi connectivity index (χ3v) is 2.46. The molecule has 82 valence electrons. The smallest absolute Gasteiger partial charge is 0.326 e. The second-order valence-electron chi connectivity index (χ2n) is 2.99. The third-order valence-electron chi connectivity index (χ3n) is 1.76. The highest BCUT2D eigenvalue weighted by Crippen LogP contribution is 2.19. The number of halogens is 1. The van der Waals surface area contributed by atoms with E-state index in [1.807, 2.05) is 0 Å². The Morgan fingerprint density at radius 3 is 2.73 bits per heavy atom. The first kappa shape index (κ1) is 11.8. The molecule has 0 bridgehead atoms. The third kappa shape index (κ3) is 3.39.